The molecule has 1 aromatic rings. The molecule has 0 atom stereocenters. The fourth-order valence-corrected chi connectivity index (χ4v) is 1.33. The van der Waals surface area contributed by atoms with E-state index in [4.69, 9.17) is 5.73 Å². The molecule has 0 fully saturated rings. The van der Waals surface area contributed by atoms with Gasteiger partial charge in [-0.05, 0) is 24.1 Å². The van der Waals surface area contributed by atoms with Crippen molar-refractivity contribution in [1.82, 2.24) is 0 Å². The molecule has 2 N–H and O–H groups in total. The Balaban J connectivity index is 3.27. The Bertz CT molecular complexity index is 367. The molecule has 0 aliphatic carbocycles. The van der Waals surface area contributed by atoms with Gasteiger partial charge in [0, 0.05) is 6.54 Å². The van der Waals surface area contributed by atoms with Crippen molar-refractivity contribution in [3.63, 3.8) is 0 Å². The zero-order valence-electron chi connectivity index (χ0n) is 8.31. The van der Waals surface area contributed by atoms with Gasteiger partial charge >= 0.3 is 6.18 Å². The normalized spacial score (nSPS) is 12.3. The van der Waals surface area contributed by atoms with Crippen LogP contribution in [-0.2, 0) is 6.18 Å². The maximum Gasteiger partial charge on any atom is 0.416 e. The zero-order chi connectivity index (χ0) is 11.5. The maximum absolute atomic E-state index is 12.6. The number of hydrogen-bond donors (Lipinski definition) is 1. The van der Waals surface area contributed by atoms with Crippen LogP contribution < -0.4 is 5.73 Å². The molecule has 0 spiro atoms. The summed E-state index contributed by atoms with van der Waals surface area (Å²) in [5.74, 6) is 0. The lowest BCUT2D eigenvalue weighted by Crippen LogP contribution is -2.08. The van der Waals surface area contributed by atoms with Gasteiger partial charge in [0.25, 0.3) is 0 Å². The van der Waals surface area contributed by atoms with Gasteiger partial charge in [-0.2, -0.15) is 13.2 Å². The highest BCUT2D eigenvalue weighted by molar-refractivity contribution is 5.58. The van der Waals surface area contributed by atoms with Crippen LogP contribution in [0.4, 0.5) is 13.2 Å². The van der Waals surface area contributed by atoms with Crippen molar-refractivity contribution in [2.75, 3.05) is 6.54 Å². The van der Waals surface area contributed by atoms with Gasteiger partial charge < -0.3 is 5.73 Å². The van der Waals surface area contributed by atoms with Crippen molar-refractivity contribution in [3.05, 3.63) is 41.0 Å². The number of nitrogens with two attached hydrogens (primary N) is 1. The third kappa shape index (κ3) is 2.83. The van der Waals surface area contributed by atoms with Gasteiger partial charge in [-0.1, -0.05) is 24.3 Å². The minimum Gasteiger partial charge on any atom is -0.327 e. The molecule has 0 aliphatic heterocycles. The molecule has 82 valence electrons. The largest absolute Gasteiger partial charge is 0.416 e. The average molecular weight is 215 g/mol. The summed E-state index contributed by atoms with van der Waals surface area (Å²) >= 11 is 0. The Morgan fingerprint density at radius 2 is 2.00 bits per heavy atom. The monoisotopic (exact) mass is 215 g/mol. The molecule has 15 heavy (non-hydrogen) atoms. The summed E-state index contributed by atoms with van der Waals surface area (Å²) in [5.41, 5.74) is 5.38. The van der Waals surface area contributed by atoms with E-state index < -0.39 is 11.7 Å². The SMILES string of the molecule is Cc1cccc(C(F)(F)F)c1/C=C/CN. The third-order valence-electron chi connectivity index (χ3n) is 2.05. The lowest BCUT2D eigenvalue weighted by molar-refractivity contribution is -0.137. The lowest BCUT2D eigenvalue weighted by Gasteiger charge is -2.12. The number of alkyl halides is 3. The van der Waals surface area contributed by atoms with E-state index in [9.17, 15) is 13.2 Å². The average Bonchev–Trinajstić information content (AvgIpc) is 2.14. The molecular formula is C11H12F3N. The number of rotatable bonds is 2. The van der Waals surface area contributed by atoms with E-state index >= 15 is 0 Å². The Labute approximate surface area is 86.4 Å². The number of halogens is 3. The molecule has 0 unspecified atom stereocenters. The van der Waals surface area contributed by atoms with Crippen LogP contribution in [0, 0.1) is 6.92 Å². The van der Waals surface area contributed by atoms with Crippen molar-refractivity contribution in [2.45, 2.75) is 13.1 Å². The van der Waals surface area contributed by atoms with E-state index in [1.807, 2.05) is 0 Å². The third-order valence-corrected chi connectivity index (χ3v) is 2.05. The van der Waals surface area contributed by atoms with Crippen LogP contribution in [0.15, 0.2) is 24.3 Å². The van der Waals surface area contributed by atoms with E-state index in [-0.39, 0.29) is 12.1 Å². The molecule has 0 radical (unpaired) electrons. The van der Waals surface area contributed by atoms with Crippen LogP contribution >= 0.6 is 0 Å². The molecule has 0 aliphatic rings. The van der Waals surface area contributed by atoms with Crippen molar-refractivity contribution in [2.24, 2.45) is 5.73 Å². The van der Waals surface area contributed by atoms with Crippen molar-refractivity contribution in [1.29, 1.82) is 0 Å². The van der Waals surface area contributed by atoms with Gasteiger partial charge in [-0.25, -0.2) is 0 Å². The fraction of sp³-hybridized carbons (Fsp3) is 0.273. The first-order chi connectivity index (χ1) is 6.96. The first-order valence-corrected chi connectivity index (χ1v) is 4.50. The molecule has 0 bridgehead atoms. The lowest BCUT2D eigenvalue weighted by atomic mass is 10.0. The van der Waals surface area contributed by atoms with E-state index in [0.29, 0.717) is 5.56 Å². The summed E-state index contributed by atoms with van der Waals surface area (Å²) in [6.07, 6.45) is -1.39. The minimum absolute atomic E-state index is 0.190. The summed E-state index contributed by atoms with van der Waals surface area (Å²) < 4.78 is 37.8. The van der Waals surface area contributed by atoms with Crippen LogP contribution in [0.1, 0.15) is 16.7 Å². The molecule has 0 aromatic heterocycles. The fourth-order valence-electron chi connectivity index (χ4n) is 1.33. The van der Waals surface area contributed by atoms with Gasteiger partial charge in [-0.15, -0.1) is 0 Å². The molecule has 0 saturated carbocycles. The predicted octanol–water partition coefficient (Wildman–Crippen LogP) is 2.99. The van der Waals surface area contributed by atoms with Crippen LogP contribution in [0.3, 0.4) is 0 Å². The van der Waals surface area contributed by atoms with Crippen LogP contribution in [-0.4, -0.2) is 6.54 Å². The van der Waals surface area contributed by atoms with Crippen molar-refractivity contribution in [3.8, 4) is 0 Å². The molecule has 1 aromatic carbocycles. The first-order valence-electron chi connectivity index (χ1n) is 4.50. The molecule has 0 saturated heterocycles. The highest BCUT2D eigenvalue weighted by Crippen LogP contribution is 2.33. The van der Waals surface area contributed by atoms with Gasteiger partial charge in [0.1, 0.15) is 0 Å². The maximum atomic E-state index is 12.6. The topological polar surface area (TPSA) is 26.0 Å². The highest BCUT2D eigenvalue weighted by Gasteiger charge is 2.32. The summed E-state index contributed by atoms with van der Waals surface area (Å²) in [4.78, 5) is 0. The molecule has 0 heterocycles. The molecule has 0 amide bonds. The van der Waals surface area contributed by atoms with Crippen molar-refractivity contribution >= 4 is 6.08 Å². The van der Waals surface area contributed by atoms with E-state index in [0.717, 1.165) is 6.07 Å². The standard InChI is InChI=1S/C11H12F3N/c1-8-4-2-6-10(11(12,13)14)9(8)5-3-7-15/h2-6H,7,15H2,1H3/b5-3+. The minimum atomic E-state index is -4.32. The van der Waals surface area contributed by atoms with Crippen LogP contribution in [0.25, 0.3) is 6.08 Å². The second kappa shape index (κ2) is 4.49. The Kier molecular flexibility index (Phi) is 3.52. The number of aryl methyl sites for hydroxylation is 1. The van der Waals surface area contributed by atoms with E-state index in [2.05, 4.69) is 0 Å². The predicted molar refractivity (Wildman–Crippen MR) is 54.3 cm³/mol. The Hall–Kier alpha value is -1.29. The first kappa shape index (κ1) is 11.8. The second-order valence-electron chi connectivity index (χ2n) is 3.17. The summed E-state index contributed by atoms with van der Waals surface area (Å²) in [7, 11) is 0. The van der Waals surface area contributed by atoms with Gasteiger partial charge in [-0.3, -0.25) is 0 Å². The molecule has 1 rings (SSSR count). The second-order valence-corrected chi connectivity index (χ2v) is 3.17. The van der Waals surface area contributed by atoms with Gasteiger partial charge in [0.15, 0.2) is 0 Å². The van der Waals surface area contributed by atoms with Crippen molar-refractivity contribution < 1.29 is 13.2 Å². The highest BCUT2D eigenvalue weighted by atomic mass is 19.4. The Morgan fingerprint density at radius 3 is 2.53 bits per heavy atom. The van der Waals surface area contributed by atoms with E-state index in [1.54, 1.807) is 13.0 Å². The van der Waals surface area contributed by atoms with Crippen LogP contribution in [0.5, 0.6) is 0 Å². The Morgan fingerprint density at radius 1 is 1.33 bits per heavy atom. The molecular weight excluding hydrogens is 203 g/mol. The van der Waals surface area contributed by atoms with Gasteiger partial charge in [0.2, 0.25) is 0 Å². The van der Waals surface area contributed by atoms with Gasteiger partial charge in [0.05, 0.1) is 5.56 Å². The summed E-state index contributed by atoms with van der Waals surface area (Å²) in [6.45, 7) is 1.87. The quantitative estimate of drug-likeness (QED) is 0.806. The number of benzene rings is 1. The van der Waals surface area contributed by atoms with E-state index in [1.165, 1.54) is 18.2 Å². The summed E-state index contributed by atoms with van der Waals surface area (Å²) in [6, 6.07) is 4.12. The smallest absolute Gasteiger partial charge is 0.327 e. The number of hydrogen-bond acceptors (Lipinski definition) is 1. The molecule has 1 nitrogen and oxygen atoms in total. The molecule has 4 heteroatoms. The summed E-state index contributed by atoms with van der Waals surface area (Å²) in [5, 5.41) is 0. The zero-order valence-corrected chi connectivity index (χ0v) is 8.31. The van der Waals surface area contributed by atoms with Crippen LogP contribution in [0.2, 0.25) is 0 Å².